The molecule has 0 rings (SSSR count). The van der Waals surface area contributed by atoms with Crippen LogP contribution in [0, 0.1) is 0 Å². The molecule has 1 unspecified atom stereocenters. The fourth-order valence-electron chi connectivity index (χ4n) is 2.21. The largest absolute Gasteiger partial charge is 0.468 e. The number of halogens is 3. The van der Waals surface area contributed by atoms with E-state index in [1.54, 1.807) is 20.8 Å². The summed E-state index contributed by atoms with van der Waals surface area (Å²) in [4.78, 5) is 13.2. The topological polar surface area (TPSA) is 41.6 Å². The van der Waals surface area contributed by atoms with E-state index in [0.717, 1.165) is 0 Å². The molecule has 0 amide bonds. The molecule has 0 aromatic carbocycles. The summed E-state index contributed by atoms with van der Waals surface area (Å²) >= 11 is 0. The van der Waals surface area contributed by atoms with Gasteiger partial charge >= 0.3 is 12.1 Å². The molecule has 0 radical (unpaired) electrons. The Morgan fingerprint density at radius 3 is 2.10 bits per heavy atom. The normalized spacial score (nSPS) is 15.6. The lowest BCUT2D eigenvalue weighted by Gasteiger charge is -2.34. The van der Waals surface area contributed by atoms with Crippen molar-refractivity contribution in [2.24, 2.45) is 0 Å². The van der Waals surface area contributed by atoms with E-state index in [2.05, 4.69) is 5.32 Å². The Morgan fingerprint density at radius 1 is 1.24 bits per heavy atom. The highest BCUT2D eigenvalue weighted by Gasteiger charge is 2.37. The van der Waals surface area contributed by atoms with Crippen LogP contribution in [0.25, 0.3) is 0 Å². The number of carbonyl (C=O) groups is 1. The monoisotopic (exact) mass is 312 g/mol. The molecule has 0 fully saturated rings. The Balaban J connectivity index is 4.88. The first-order chi connectivity index (χ1) is 9.41. The molecule has 0 spiro atoms. The van der Waals surface area contributed by atoms with E-state index in [4.69, 9.17) is 4.74 Å². The van der Waals surface area contributed by atoms with Gasteiger partial charge in [-0.3, -0.25) is 15.0 Å². The number of rotatable bonds is 8. The lowest BCUT2D eigenvalue weighted by Crippen LogP contribution is -2.55. The summed E-state index contributed by atoms with van der Waals surface area (Å²) in [6.07, 6.45) is -4.01. The molecule has 1 atom stereocenters. The predicted molar refractivity (Wildman–Crippen MR) is 76.1 cm³/mol. The van der Waals surface area contributed by atoms with E-state index in [1.165, 1.54) is 12.0 Å². The first kappa shape index (κ1) is 20.2. The van der Waals surface area contributed by atoms with Crippen LogP contribution in [0.5, 0.6) is 0 Å². The molecular formula is C14H27F3N2O2. The van der Waals surface area contributed by atoms with Crippen LogP contribution >= 0.6 is 0 Å². The second-order valence-electron chi connectivity index (χ2n) is 6.05. The van der Waals surface area contributed by atoms with Gasteiger partial charge in [-0.1, -0.05) is 0 Å². The molecule has 21 heavy (non-hydrogen) atoms. The van der Waals surface area contributed by atoms with E-state index in [9.17, 15) is 18.0 Å². The standard InChI is InChI=1S/C14H27F3N2O2/c1-10(2)18-13(5,12(20)21-6)7-8-19(11(3)4)9-14(15,16)17/h10-11,18H,7-9H2,1-6H3. The number of nitrogens with zero attached hydrogens (tertiary/aromatic N) is 1. The minimum absolute atomic E-state index is 0.0178. The number of methoxy groups -OCH3 is 1. The molecule has 0 aliphatic heterocycles. The highest BCUT2D eigenvalue weighted by atomic mass is 19.4. The molecule has 4 nitrogen and oxygen atoms in total. The summed E-state index contributed by atoms with van der Waals surface area (Å²) in [7, 11) is 1.28. The van der Waals surface area contributed by atoms with Gasteiger partial charge in [0, 0.05) is 18.6 Å². The zero-order chi connectivity index (χ0) is 16.8. The highest BCUT2D eigenvalue weighted by Crippen LogP contribution is 2.20. The van der Waals surface area contributed by atoms with Crippen molar-refractivity contribution in [1.29, 1.82) is 0 Å². The maximum Gasteiger partial charge on any atom is 0.401 e. The zero-order valence-corrected chi connectivity index (χ0v) is 13.7. The van der Waals surface area contributed by atoms with E-state index in [-0.39, 0.29) is 25.0 Å². The molecule has 0 aromatic rings. The molecule has 7 heteroatoms. The minimum Gasteiger partial charge on any atom is -0.468 e. The molecule has 1 N–H and O–H groups in total. The Hall–Kier alpha value is -0.820. The second kappa shape index (κ2) is 7.98. The fourth-order valence-corrected chi connectivity index (χ4v) is 2.21. The molecular weight excluding hydrogens is 285 g/mol. The molecule has 0 heterocycles. The lowest BCUT2D eigenvalue weighted by atomic mass is 9.96. The van der Waals surface area contributed by atoms with Gasteiger partial charge in [-0.25, -0.2) is 0 Å². The summed E-state index contributed by atoms with van der Waals surface area (Å²) in [6.45, 7) is 7.99. The number of nitrogens with one attached hydrogen (secondary N) is 1. The third kappa shape index (κ3) is 7.66. The molecule has 0 saturated carbocycles. The van der Waals surface area contributed by atoms with Crippen molar-refractivity contribution in [2.75, 3.05) is 20.2 Å². The van der Waals surface area contributed by atoms with Gasteiger partial charge in [-0.15, -0.1) is 0 Å². The summed E-state index contributed by atoms with van der Waals surface area (Å²) in [5.41, 5.74) is -0.998. The van der Waals surface area contributed by atoms with E-state index >= 15 is 0 Å². The van der Waals surface area contributed by atoms with Crippen LogP contribution in [0.4, 0.5) is 13.2 Å². The van der Waals surface area contributed by atoms with Crippen LogP contribution in [0.15, 0.2) is 0 Å². The van der Waals surface area contributed by atoms with E-state index < -0.39 is 24.2 Å². The van der Waals surface area contributed by atoms with Crippen molar-refractivity contribution in [3.05, 3.63) is 0 Å². The van der Waals surface area contributed by atoms with Crippen LogP contribution in [-0.2, 0) is 9.53 Å². The van der Waals surface area contributed by atoms with Crippen LogP contribution in [0.2, 0.25) is 0 Å². The predicted octanol–water partition coefficient (Wildman–Crippen LogP) is 2.58. The van der Waals surface area contributed by atoms with Gasteiger partial charge in [0.25, 0.3) is 0 Å². The van der Waals surface area contributed by atoms with Crippen molar-refractivity contribution in [1.82, 2.24) is 10.2 Å². The average molecular weight is 312 g/mol. The minimum atomic E-state index is -4.25. The van der Waals surface area contributed by atoms with Crippen molar-refractivity contribution in [2.45, 2.75) is 64.8 Å². The lowest BCUT2D eigenvalue weighted by molar-refractivity contribution is -0.153. The van der Waals surface area contributed by atoms with Gasteiger partial charge < -0.3 is 4.74 Å². The molecule has 0 aliphatic carbocycles. The van der Waals surface area contributed by atoms with Gasteiger partial charge in [0.1, 0.15) is 5.54 Å². The smallest absolute Gasteiger partial charge is 0.401 e. The SMILES string of the molecule is COC(=O)C(C)(CCN(CC(F)(F)F)C(C)C)NC(C)C. The molecule has 126 valence electrons. The van der Waals surface area contributed by atoms with Gasteiger partial charge in [0.2, 0.25) is 0 Å². The number of alkyl halides is 3. The van der Waals surface area contributed by atoms with Crippen LogP contribution in [0.3, 0.4) is 0 Å². The number of hydrogen-bond donors (Lipinski definition) is 1. The zero-order valence-electron chi connectivity index (χ0n) is 13.7. The van der Waals surface area contributed by atoms with Crippen LogP contribution in [-0.4, -0.2) is 54.9 Å². The summed E-state index contributed by atoms with van der Waals surface area (Å²) in [6, 6.07) is -0.239. The van der Waals surface area contributed by atoms with Crippen molar-refractivity contribution in [3.8, 4) is 0 Å². The number of esters is 1. The maximum absolute atomic E-state index is 12.6. The van der Waals surface area contributed by atoms with E-state index in [1.807, 2.05) is 13.8 Å². The van der Waals surface area contributed by atoms with Crippen LogP contribution in [0.1, 0.15) is 41.0 Å². The van der Waals surface area contributed by atoms with Gasteiger partial charge in [-0.2, -0.15) is 13.2 Å². The van der Waals surface area contributed by atoms with Crippen molar-refractivity contribution >= 4 is 5.97 Å². The summed E-state index contributed by atoms with van der Waals surface area (Å²) in [5.74, 6) is -0.466. The second-order valence-corrected chi connectivity index (χ2v) is 6.05. The number of ether oxygens (including phenoxy) is 1. The fraction of sp³-hybridized carbons (Fsp3) is 0.929. The van der Waals surface area contributed by atoms with Gasteiger partial charge in [0.15, 0.2) is 0 Å². The third-order valence-electron chi connectivity index (χ3n) is 3.25. The number of carbonyl (C=O) groups excluding carboxylic acids is 1. The summed E-state index contributed by atoms with van der Waals surface area (Å²) in [5, 5.41) is 3.08. The Morgan fingerprint density at radius 2 is 1.76 bits per heavy atom. The third-order valence-corrected chi connectivity index (χ3v) is 3.25. The Kier molecular flexibility index (Phi) is 7.67. The molecule has 0 aliphatic rings. The van der Waals surface area contributed by atoms with Gasteiger partial charge in [-0.05, 0) is 41.0 Å². The maximum atomic E-state index is 12.6. The molecule has 0 bridgehead atoms. The summed E-state index contributed by atoms with van der Waals surface area (Å²) < 4.78 is 42.5. The Bertz CT molecular complexity index is 333. The first-order valence-electron chi connectivity index (χ1n) is 7.08. The number of hydrogen-bond acceptors (Lipinski definition) is 4. The molecule has 0 saturated heterocycles. The van der Waals surface area contributed by atoms with Crippen molar-refractivity contribution < 1.29 is 22.7 Å². The average Bonchev–Trinajstić information content (AvgIpc) is 2.30. The first-order valence-corrected chi connectivity index (χ1v) is 7.08. The molecule has 0 aromatic heterocycles. The van der Waals surface area contributed by atoms with Crippen LogP contribution < -0.4 is 5.32 Å². The van der Waals surface area contributed by atoms with Crippen molar-refractivity contribution in [3.63, 3.8) is 0 Å². The quantitative estimate of drug-likeness (QED) is 0.700. The Labute approximate surface area is 125 Å². The van der Waals surface area contributed by atoms with E-state index in [0.29, 0.717) is 0 Å². The van der Waals surface area contributed by atoms with Gasteiger partial charge in [0.05, 0.1) is 13.7 Å². The highest BCUT2D eigenvalue weighted by molar-refractivity contribution is 5.80.